The van der Waals surface area contributed by atoms with E-state index in [-0.39, 0.29) is 0 Å². The molecule has 0 atom stereocenters. The molecule has 30 heavy (non-hydrogen) atoms. The summed E-state index contributed by atoms with van der Waals surface area (Å²) in [4.78, 5) is 9.83. The molecular formula is C27H44N2O. The molecule has 2 aromatic heterocycles. The summed E-state index contributed by atoms with van der Waals surface area (Å²) < 4.78 is 0. The van der Waals surface area contributed by atoms with Gasteiger partial charge >= 0.3 is 0 Å². The molecular weight excluding hydrogens is 368 g/mol. The van der Waals surface area contributed by atoms with Crippen molar-refractivity contribution in [3.05, 3.63) is 53.0 Å². The van der Waals surface area contributed by atoms with Crippen LogP contribution < -0.4 is 0 Å². The van der Waals surface area contributed by atoms with Gasteiger partial charge in [0.15, 0.2) is 0 Å². The Balaban J connectivity index is 0.00000105. The highest BCUT2D eigenvalue weighted by Crippen LogP contribution is 2.30. The topological polar surface area (TPSA) is 46.0 Å². The second kappa shape index (κ2) is 14.9. The molecule has 0 bridgehead atoms. The maximum atomic E-state index is 7.88. The molecule has 168 valence electrons. The van der Waals surface area contributed by atoms with Crippen molar-refractivity contribution in [1.29, 1.82) is 0 Å². The number of pyridine rings is 2. The largest absolute Gasteiger partial charge is 0.396 e. The lowest BCUT2D eigenvalue weighted by molar-refractivity contribution is 0.295. The van der Waals surface area contributed by atoms with Crippen molar-refractivity contribution < 1.29 is 5.11 Å². The number of nitrogens with zero attached hydrogens (tertiary/aromatic N) is 2. The van der Waals surface area contributed by atoms with E-state index >= 15 is 0 Å². The van der Waals surface area contributed by atoms with E-state index in [9.17, 15) is 0 Å². The quantitative estimate of drug-likeness (QED) is 0.533. The monoisotopic (exact) mass is 412 g/mol. The molecule has 0 aliphatic carbocycles. The molecule has 0 fully saturated rings. The second-order valence-corrected chi connectivity index (χ2v) is 7.96. The Hall–Kier alpha value is -2.00. The predicted octanol–water partition coefficient (Wildman–Crippen LogP) is 7.54. The van der Waals surface area contributed by atoms with Crippen LogP contribution in [-0.4, -0.2) is 21.7 Å². The third kappa shape index (κ3) is 8.39. The van der Waals surface area contributed by atoms with Gasteiger partial charge in [-0.3, -0.25) is 4.98 Å². The zero-order valence-corrected chi connectivity index (χ0v) is 20.9. The van der Waals surface area contributed by atoms with Crippen molar-refractivity contribution in [1.82, 2.24) is 9.97 Å². The van der Waals surface area contributed by atoms with E-state index in [1.807, 2.05) is 13.8 Å². The van der Waals surface area contributed by atoms with Crippen LogP contribution in [0.15, 0.2) is 24.8 Å². The minimum atomic E-state index is 0.319. The fourth-order valence-corrected chi connectivity index (χ4v) is 2.93. The number of hydrogen-bond donors (Lipinski definition) is 1. The van der Waals surface area contributed by atoms with E-state index in [1.54, 1.807) is 0 Å². The van der Waals surface area contributed by atoms with Gasteiger partial charge in [-0.05, 0) is 67.9 Å². The summed E-state index contributed by atoms with van der Waals surface area (Å²) in [6.07, 6.45) is 4.01. The SMILES string of the molecule is C=C(C)c1nc(-c2ccc(C(C)C)nc2CC)c(CC)cc1C.CCC.CCCO. The number of aromatic nitrogens is 2. The molecule has 1 N–H and O–H groups in total. The minimum Gasteiger partial charge on any atom is -0.396 e. The molecule has 0 saturated carbocycles. The Morgan fingerprint density at radius 1 is 1.03 bits per heavy atom. The van der Waals surface area contributed by atoms with Crippen LogP contribution in [0.25, 0.3) is 16.8 Å². The first-order valence-electron chi connectivity index (χ1n) is 11.5. The van der Waals surface area contributed by atoms with Crippen LogP contribution in [0, 0.1) is 6.92 Å². The first-order chi connectivity index (χ1) is 14.2. The van der Waals surface area contributed by atoms with E-state index in [2.05, 4.69) is 73.2 Å². The average Bonchev–Trinajstić information content (AvgIpc) is 2.73. The summed E-state index contributed by atoms with van der Waals surface area (Å²) in [5, 5.41) is 7.88. The molecule has 0 radical (unpaired) electrons. The number of allylic oxidation sites excluding steroid dienone is 1. The summed E-state index contributed by atoms with van der Waals surface area (Å²) in [5.74, 6) is 0.442. The molecule has 0 amide bonds. The average molecular weight is 413 g/mol. The summed E-state index contributed by atoms with van der Waals surface area (Å²) in [6.45, 7) is 23.4. The second-order valence-electron chi connectivity index (χ2n) is 7.96. The maximum Gasteiger partial charge on any atom is 0.0759 e. The van der Waals surface area contributed by atoms with Gasteiger partial charge in [0.1, 0.15) is 0 Å². The standard InChI is InChI=1S/C21H28N2.C3H8O.C3H8/c1-8-16-12-15(7)20(14(5)6)23-21(16)17-10-11-19(13(3)4)22-18(17)9-2;1-2-3-4;1-3-2/h10-13H,5,8-9H2,1-4,6-7H3;4H,2-3H2,1H3;3H2,1-2H3. The highest BCUT2D eigenvalue weighted by molar-refractivity contribution is 5.71. The molecule has 0 saturated heterocycles. The van der Waals surface area contributed by atoms with Crippen LogP contribution in [-0.2, 0) is 12.8 Å². The van der Waals surface area contributed by atoms with Crippen molar-refractivity contribution in [2.75, 3.05) is 6.61 Å². The molecule has 0 aromatic carbocycles. The number of hydrogen-bond acceptors (Lipinski definition) is 3. The summed E-state index contributed by atoms with van der Waals surface area (Å²) in [6, 6.07) is 6.59. The molecule has 0 aliphatic rings. The fraction of sp³-hybridized carbons (Fsp3) is 0.556. The Kier molecular flexibility index (Phi) is 13.9. The highest BCUT2D eigenvalue weighted by atomic mass is 16.2. The molecule has 3 heteroatoms. The molecule has 2 heterocycles. The summed E-state index contributed by atoms with van der Waals surface area (Å²) in [5.41, 5.74) is 9.01. The predicted molar refractivity (Wildman–Crippen MR) is 133 cm³/mol. The van der Waals surface area contributed by atoms with Crippen LogP contribution >= 0.6 is 0 Å². The van der Waals surface area contributed by atoms with Gasteiger partial charge in [-0.15, -0.1) is 0 Å². The van der Waals surface area contributed by atoms with Crippen molar-refractivity contribution in [3.8, 4) is 11.3 Å². The Bertz CT molecular complexity index is 777. The molecule has 2 aromatic rings. The molecule has 0 aliphatic heterocycles. The minimum absolute atomic E-state index is 0.319. The van der Waals surface area contributed by atoms with Gasteiger partial charge in [0.2, 0.25) is 0 Å². The first kappa shape index (κ1) is 28.0. The van der Waals surface area contributed by atoms with E-state index < -0.39 is 0 Å². The van der Waals surface area contributed by atoms with Crippen LogP contribution in [0.2, 0.25) is 0 Å². The zero-order valence-electron chi connectivity index (χ0n) is 20.9. The molecule has 0 spiro atoms. The van der Waals surface area contributed by atoms with Gasteiger partial charge in [-0.1, -0.05) is 67.5 Å². The highest BCUT2D eigenvalue weighted by Gasteiger charge is 2.15. The fourth-order valence-electron chi connectivity index (χ4n) is 2.93. The Morgan fingerprint density at radius 2 is 1.60 bits per heavy atom. The maximum absolute atomic E-state index is 7.88. The van der Waals surface area contributed by atoms with Gasteiger partial charge in [-0.2, -0.15) is 0 Å². The smallest absolute Gasteiger partial charge is 0.0759 e. The number of aliphatic hydroxyl groups is 1. The Morgan fingerprint density at radius 3 is 2.00 bits per heavy atom. The van der Waals surface area contributed by atoms with E-state index in [0.29, 0.717) is 12.5 Å². The van der Waals surface area contributed by atoms with E-state index in [4.69, 9.17) is 15.1 Å². The molecule has 2 rings (SSSR count). The van der Waals surface area contributed by atoms with Crippen LogP contribution in [0.3, 0.4) is 0 Å². The molecule has 3 nitrogen and oxygen atoms in total. The van der Waals surface area contributed by atoms with Crippen molar-refractivity contribution in [3.63, 3.8) is 0 Å². The number of aryl methyl sites for hydroxylation is 3. The third-order valence-electron chi connectivity index (χ3n) is 4.48. The zero-order chi connectivity index (χ0) is 23.3. The Labute approximate surface area is 185 Å². The first-order valence-corrected chi connectivity index (χ1v) is 11.5. The van der Waals surface area contributed by atoms with E-state index in [0.717, 1.165) is 53.2 Å². The van der Waals surface area contributed by atoms with E-state index in [1.165, 1.54) is 17.5 Å². The number of aliphatic hydroxyl groups excluding tert-OH is 1. The van der Waals surface area contributed by atoms with Gasteiger partial charge in [-0.25, -0.2) is 4.98 Å². The van der Waals surface area contributed by atoms with Crippen LogP contribution in [0.4, 0.5) is 0 Å². The van der Waals surface area contributed by atoms with Crippen LogP contribution in [0.1, 0.15) is 102 Å². The van der Waals surface area contributed by atoms with Crippen molar-refractivity contribution in [2.45, 2.75) is 93.9 Å². The van der Waals surface area contributed by atoms with Crippen molar-refractivity contribution in [2.24, 2.45) is 0 Å². The third-order valence-corrected chi connectivity index (χ3v) is 4.48. The van der Waals surface area contributed by atoms with Gasteiger partial charge in [0.25, 0.3) is 0 Å². The van der Waals surface area contributed by atoms with Gasteiger partial charge in [0.05, 0.1) is 11.4 Å². The lowest BCUT2D eigenvalue weighted by Gasteiger charge is -2.16. The number of rotatable bonds is 6. The van der Waals surface area contributed by atoms with Gasteiger partial charge < -0.3 is 5.11 Å². The summed E-state index contributed by atoms with van der Waals surface area (Å²) in [7, 11) is 0. The normalized spacial score (nSPS) is 10.1. The van der Waals surface area contributed by atoms with Crippen molar-refractivity contribution >= 4 is 5.57 Å². The molecule has 0 unspecified atom stereocenters. The van der Waals surface area contributed by atoms with Crippen LogP contribution in [0.5, 0.6) is 0 Å². The summed E-state index contributed by atoms with van der Waals surface area (Å²) >= 11 is 0. The lowest BCUT2D eigenvalue weighted by Crippen LogP contribution is -2.04. The lowest BCUT2D eigenvalue weighted by atomic mass is 9.96. The van der Waals surface area contributed by atoms with Gasteiger partial charge in [0, 0.05) is 23.6 Å².